The molecule has 0 fully saturated rings. The molecule has 1 aromatic heterocycles. The minimum Gasteiger partial charge on any atom is -0.391 e. The Morgan fingerprint density at radius 3 is 2.64 bits per heavy atom. The molecule has 6 heteroatoms. The standard InChI is InChI=1S/C16H19BrN2O3/c1-3-13(20)10-22-18-16(21)15-9-8-14(19(15)2)11-4-6-12(17)7-5-11/h4-9,13,20H,3,10H2,1-2H3,(H,18,21). The van der Waals surface area contributed by atoms with Crippen molar-refractivity contribution in [3.8, 4) is 11.3 Å². The molecule has 0 spiro atoms. The Morgan fingerprint density at radius 2 is 2.00 bits per heavy atom. The van der Waals surface area contributed by atoms with Crippen molar-refractivity contribution < 1.29 is 14.7 Å². The van der Waals surface area contributed by atoms with Crippen LogP contribution >= 0.6 is 15.9 Å². The van der Waals surface area contributed by atoms with Gasteiger partial charge in [0, 0.05) is 17.2 Å². The summed E-state index contributed by atoms with van der Waals surface area (Å²) < 4.78 is 2.81. The summed E-state index contributed by atoms with van der Waals surface area (Å²) in [6, 6.07) is 11.5. The van der Waals surface area contributed by atoms with E-state index in [-0.39, 0.29) is 12.5 Å². The average Bonchev–Trinajstić information content (AvgIpc) is 2.89. The molecule has 5 nitrogen and oxygen atoms in total. The third kappa shape index (κ3) is 3.97. The number of amides is 1. The van der Waals surface area contributed by atoms with Crippen LogP contribution in [0, 0.1) is 0 Å². The van der Waals surface area contributed by atoms with Gasteiger partial charge < -0.3 is 9.67 Å². The predicted molar refractivity (Wildman–Crippen MR) is 88.3 cm³/mol. The molecular weight excluding hydrogens is 348 g/mol. The smallest absolute Gasteiger partial charge is 0.291 e. The van der Waals surface area contributed by atoms with Gasteiger partial charge in [-0.2, -0.15) is 0 Å². The van der Waals surface area contributed by atoms with Crippen molar-refractivity contribution in [2.45, 2.75) is 19.4 Å². The van der Waals surface area contributed by atoms with Gasteiger partial charge in [0.25, 0.3) is 5.91 Å². The molecule has 1 amide bonds. The maximum Gasteiger partial charge on any atom is 0.291 e. The summed E-state index contributed by atoms with van der Waals surface area (Å²) in [5.41, 5.74) is 4.80. The van der Waals surface area contributed by atoms with Crippen molar-refractivity contribution in [2.75, 3.05) is 6.61 Å². The molecule has 1 heterocycles. The number of benzene rings is 1. The fourth-order valence-electron chi connectivity index (χ4n) is 2.02. The Balaban J connectivity index is 2.07. The number of nitrogens with one attached hydrogen (secondary N) is 1. The van der Waals surface area contributed by atoms with E-state index in [1.807, 2.05) is 44.3 Å². The van der Waals surface area contributed by atoms with Crippen molar-refractivity contribution >= 4 is 21.8 Å². The van der Waals surface area contributed by atoms with Crippen LogP contribution in [0.15, 0.2) is 40.9 Å². The number of hydrogen-bond donors (Lipinski definition) is 2. The Labute approximate surface area is 138 Å². The second-order valence-electron chi connectivity index (χ2n) is 4.97. The molecule has 118 valence electrons. The number of carbonyl (C=O) groups is 1. The second kappa shape index (κ2) is 7.58. The summed E-state index contributed by atoms with van der Waals surface area (Å²) in [5, 5.41) is 9.39. The van der Waals surface area contributed by atoms with Gasteiger partial charge in [0.2, 0.25) is 0 Å². The molecule has 0 radical (unpaired) electrons. The highest BCUT2D eigenvalue weighted by Crippen LogP contribution is 2.23. The average molecular weight is 367 g/mol. The molecule has 0 aliphatic heterocycles. The summed E-state index contributed by atoms with van der Waals surface area (Å²) in [5.74, 6) is -0.339. The highest BCUT2D eigenvalue weighted by Gasteiger charge is 2.14. The van der Waals surface area contributed by atoms with Gasteiger partial charge in [-0.1, -0.05) is 35.0 Å². The zero-order chi connectivity index (χ0) is 16.1. The fourth-order valence-corrected chi connectivity index (χ4v) is 2.29. The Kier molecular flexibility index (Phi) is 5.76. The molecule has 2 rings (SSSR count). The highest BCUT2D eigenvalue weighted by molar-refractivity contribution is 9.10. The van der Waals surface area contributed by atoms with Crippen LogP contribution in [0.2, 0.25) is 0 Å². The van der Waals surface area contributed by atoms with Gasteiger partial charge in [-0.15, -0.1) is 0 Å². The number of carbonyl (C=O) groups excluding carboxylic acids is 1. The Hall–Kier alpha value is -1.63. The molecule has 1 atom stereocenters. The molecular formula is C16H19BrN2O3. The number of rotatable bonds is 6. The van der Waals surface area contributed by atoms with Crippen molar-refractivity contribution in [2.24, 2.45) is 7.05 Å². The number of halogens is 1. The van der Waals surface area contributed by atoms with Crippen molar-refractivity contribution in [1.82, 2.24) is 10.0 Å². The van der Waals surface area contributed by atoms with E-state index in [1.165, 1.54) is 0 Å². The van der Waals surface area contributed by atoms with Crippen LogP contribution in [-0.4, -0.2) is 28.3 Å². The first-order valence-electron chi connectivity index (χ1n) is 7.04. The minimum absolute atomic E-state index is 0.0756. The van der Waals surface area contributed by atoms with Crippen molar-refractivity contribution in [3.05, 3.63) is 46.6 Å². The number of aliphatic hydroxyl groups excluding tert-OH is 1. The molecule has 0 aliphatic rings. The van der Waals surface area contributed by atoms with Gasteiger partial charge in [-0.25, -0.2) is 5.48 Å². The van der Waals surface area contributed by atoms with Crippen LogP contribution in [0.1, 0.15) is 23.8 Å². The second-order valence-corrected chi connectivity index (χ2v) is 5.89. The van der Waals surface area contributed by atoms with Crippen molar-refractivity contribution in [3.63, 3.8) is 0 Å². The first-order valence-corrected chi connectivity index (χ1v) is 7.84. The number of aliphatic hydroxyl groups is 1. The Morgan fingerprint density at radius 1 is 1.32 bits per heavy atom. The molecule has 0 aliphatic carbocycles. The van der Waals surface area contributed by atoms with E-state index >= 15 is 0 Å². The molecule has 0 saturated heterocycles. The summed E-state index contributed by atoms with van der Waals surface area (Å²) >= 11 is 3.40. The number of aromatic nitrogens is 1. The maximum atomic E-state index is 12.1. The van der Waals surface area contributed by atoms with Gasteiger partial charge in [0.15, 0.2) is 0 Å². The Bertz CT molecular complexity index is 637. The van der Waals surface area contributed by atoms with Crippen LogP contribution in [-0.2, 0) is 11.9 Å². The topological polar surface area (TPSA) is 63.5 Å². The summed E-state index contributed by atoms with van der Waals surface area (Å²) in [4.78, 5) is 17.1. The van der Waals surface area contributed by atoms with E-state index < -0.39 is 6.10 Å². The van der Waals surface area contributed by atoms with Crippen molar-refractivity contribution in [1.29, 1.82) is 0 Å². The van der Waals surface area contributed by atoms with Crippen LogP contribution < -0.4 is 5.48 Å². The van der Waals surface area contributed by atoms with Crippen LogP contribution in [0.3, 0.4) is 0 Å². The van der Waals surface area contributed by atoms with E-state index in [0.717, 1.165) is 15.7 Å². The maximum absolute atomic E-state index is 12.1. The molecule has 2 aromatic rings. The van der Waals surface area contributed by atoms with Gasteiger partial charge in [0.05, 0.1) is 6.10 Å². The highest BCUT2D eigenvalue weighted by atomic mass is 79.9. The third-order valence-corrected chi connectivity index (χ3v) is 3.93. The van der Waals surface area contributed by atoms with E-state index in [9.17, 15) is 9.90 Å². The quantitative estimate of drug-likeness (QED) is 0.772. The predicted octanol–water partition coefficient (Wildman–Crippen LogP) is 2.89. The lowest BCUT2D eigenvalue weighted by molar-refractivity contribution is -0.0137. The lowest BCUT2D eigenvalue weighted by Gasteiger charge is -2.11. The molecule has 0 bridgehead atoms. The van der Waals surface area contributed by atoms with Crippen LogP contribution in [0.5, 0.6) is 0 Å². The third-order valence-electron chi connectivity index (χ3n) is 3.41. The molecule has 0 saturated carbocycles. The lowest BCUT2D eigenvalue weighted by atomic mass is 10.1. The van der Waals surface area contributed by atoms with Gasteiger partial charge in [-0.05, 0) is 36.2 Å². The SMILES string of the molecule is CCC(O)CONC(=O)c1ccc(-c2ccc(Br)cc2)n1C. The van der Waals surface area contributed by atoms with E-state index in [4.69, 9.17) is 4.84 Å². The summed E-state index contributed by atoms with van der Waals surface area (Å²) in [6.07, 6.45) is 0.000307. The summed E-state index contributed by atoms with van der Waals surface area (Å²) in [6.45, 7) is 1.92. The minimum atomic E-state index is -0.577. The zero-order valence-electron chi connectivity index (χ0n) is 12.5. The van der Waals surface area contributed by atoms with E-state index in [2.05, 4.69) is 21.4 Å². The van der Waals surface area contributed by atoms with Crippen LogP contribution in [0.4, 0.5) is 0 Å². The lowest BCUT2D eigenvalue weighted by Crippen LogP contribution is -2.29. The van der Waals surface area contributed by atoms with E-state index in [0.29, 0.717) is 12.1 Å². The van der Waals surface area contributed by atoms with E-state index in [1.54, 1.807) is 10.6 Å². The van der Waals surface area contributed by atoms with Crippen LogP contribution in [0.25, 0.3) is 11.3 Å². The zero-order valence-corrected chi connectivity index (χ0v) is 14.1. The largest absolute Gasteiger partial charge is 0.391 e. The fraction of sp³-hybridized carbons (Fsp3) is 0.312. The molecule has 2 N–H and O–H groups in total. The first-order chi connectivity index (χ1) is 10.5. The normalized spacial score (nSPS) is 12.2. The monoisotopic (exact) mass is 366 g/mol. The number of hydrogen-bond acceptors (Lipinski definition) is 3. The molecule has 1 unspecified atom stereocenters. The summed E-state index contributed by atoms with van der Waals surface area (Å²) in [7, 11) is 1.83. The first kappa shape index (κ1) is 16.7. The molecule has 1 aromatic carbocycles. The number of hydroxylamine groups is 1. The van der Waals surface area contributed by atoms with Gasteiger partial charge in [0.1, 0.15) is 12.3 Å². The van der Waals surface area contributed by atoms with Gasteiger partial charge >= 0.3 is 0 Å². The molecule has 22 heavy (non-hydrogen) atoms. The number of nitrogens with zero attached hydrogens (tertiary/aromatic N) is 1. The van der Waals surface area contributed by atoms with Gasteiger partial charge in [-0.3, -0.25) is 9.63 Å².